The first-order chi connectivity index (χ1) is 5.90. The fraction of sp³-hybridized carbons (Fsp3) is 0.857. The lowest BCUT2D eigenvalue weighted by molar-refractivity contribution is -0.307. The van der Waals surface area contributed by atoms with Gasteiger partial charge in [-0.2, -0.15) is 0 Å². The van der Waals surface area contributed by atoms with Gasteiger partial charge in [-0.25, -0.2) is 0 Å². The summed E-state index contributed by atoms with van der Waals surface area (Å²) < 4.78 is 38.2. The van der Waals surface area contributed by atoms with Gasteiger partial charge in [0.25, 0.3) is 0 Å². The van der Waals surface area contributed by atoms with E-state index in [0.717, 1.165) is 6.42 Å². The third-order valence-electron chi connectivity index (χ3n) is 2.01. The van der Waals surface area contributed by atoms with E-state index in [4.69, 9.17) is 0 Å². The Bertz CT molecular complexity index is 204. The van der Waals surface area contributed by atoms with Crippen LogP contribution in [0.5, 0.6) is 0 Å². The fourth-order valence-electron chi connectivity index (χ4n) is 1.39. The second kappa shape index (κ2) is 3.53. The van der Waals surface area contributed by atoms with Gasteiger partial charge in [-0.1, -0.05) is 0 Å². The molecule has 1 atom stereocenters. The molecule has 0 bridgehead atoms. The molecule has 6 heteroatoms. The number of rotatable bonds is 1. The van der Waals surface area contributed by atoms with Gasteiger partial charge in [0.2, 0.25) is 0 Å². The second-order valence-electron chi connectivity index (χ2n) is 3.01. The van der Waals surface area contributed by atoms with E-state index < -0.39 is 18.4 Å². The average Bonchev–Trinajstić information content (AvgIpc) is 2.30. The summed E-state index contributed by atoms with van der Waals surface area (Å²) in [6.45, 7) is 0.637. The van der Waals surface area contributed by atoms with E-state index in [1.165, 1.54) is 0 Å². The largest absolute Gasteiger partial charge is 0.575 e. The van der Waals surface area contributed by atoms with Gasteiger partial charge >= 0.3 is 12.3 Å². The molecule has 1 rings (SSSR count). The summed E-state index contributed by atoms with van der Waals surface area (Å²) in [5, 5.41) is 0. The van der Waals surface area contributed by atoms with Gasteiger partial charge in [-0.3, -0.25) is 9.69 Å². The zero-order valence-corrected chi connectivity index (χ0v) is 7.10. The number of carbonyl (C=O) groups is 1. The molecule has 1 fully saturated rings. The molecule has 13 heavy (non-hydrogen) atoms. The maximum absolute atomic E-state index is 11.6. The van der Waals surface area contributed by atoms with E-state index in [2.05, 4.69) is 4.74 Å². The van der Waals surface area contributed by atoms with Crippen LogP contribution in [0.4, 0.5) is 13.2 Å². The number of hydrogen-bond donors (Lipinski definition) is 0. The van der Waals surface area contributed by atoms with Crippen molar-refractivity contribution in [3.05, 3.63) is 0 Å². The average molecular weight is 197 g/mol. The lowest BCUT2D eigenvalue weighted by Gasteiger charge is -2.18. The number of ether oxygens (including phenoxy) is 1. The molecular weight excluding hydrogens is 187 g/mol. The molecule has 3 nitrogen and oxygen atoms in total. The maximum Gasteiger partial charge on any atom is 0.575 e. The summed E-state index contributed by atoms with van der Waals surface area (Å²) in [7, 11) is 1.61. The minimum atomic E-state index is -4.86. The summed E-state index contributed by atoms with van der Waals surface area (Å²) in [6, 6.07) is -0.735. The number of likely N-dealkylation sites (N-methyl/N-ethyl adjacent to an activating group) is 1. The Morgan fingerprint density at radius 3 is 2.54 bits per heavy atom. The van der Waals surface area contributed by atoms with Gasteiger partial charge in [-0.15, -0.1) is 13.2 Å². The van der Waals surface area contributed by atoms with Crippen molar-refractivity contribution in [3.63, 3.8) is 0 Å². The summed E-state index contributed by atoms with van der Waals surface area (Å²) in [5.74, 6) is -1.20. The van der Waals surface area contributed by atoms with Crippen LogP contribution in [0.1, 0.15) is 12.8 Å². The van der Waals surface area contributed by atoms with Crippen LogP contribution in [0.3, 0.4) is 0 Å². The predicted octanol–water partition coefficient (Wildman–Crippen LogP) is 1.14. The topological polar surface area (TPSA) is 29.5 Å². The van der Waals surface area contributed by atoms with Crippen LogP contribution >= 0.6 is 0 Å². The van der Waals surface area contributed by atoms with Crippen LogP contribution in [-0.2, 0) is 9.53 Å². The maximum atomic E-state index is 11.6. The number of halogens is 3. The Hall–Kier alpha value is -0.780. The Labute approximate surface area is 73.5 Å². The first-order valence-electron chi connectivity index (χ1n) is 3.90. The smallest absolute Gasteiger partial charge is 0.372 e. The first-order valence-corrected chi connectivity index (χ1v) is 3.90. The third kappa shape index (κ3) is 2.87. The van der Waals surface area contributed by atoms with Gasteiger partial charge in [-0.05, 0) is 26.4 Å². The van der Waals surface area contributed by atoms with Crippen LogP contribution in [0, 0.1) is 0 Å². The molecule has 0 saturated carbocycles. The van der Waals surface area contributed by atoms with Gasteiger partial charge in [0.1, 0.15) is 6.04 Å². The summed E-state index contributed by atoms with van der Waals surface area (Å²) in [6.07, 6.45) is -3.69. The van der Waals surface area contributed by atoms with E-state index in [1.54, 1.807) is 11.9 Å². The van der Waals surface area contributed by atoms with Crippen molar-refractivity contribution in [2.75, 3.05) is 13.6 Å². The lowest BCUT2D eigenvalue weighted by Crippen LogP contribution is -2.37. The molecule has 0 aromatic carbocycles. The third-order valence-corrected chi connectivity index (χ3v) is 2.01. The number of hydrogen-bond acceptors (Lipinski definition) is 3. The van der Waals surface area contributed by atoms with Crippen molar-refractivity contribution >= 4 is 5.97 Å². The Morgan fingerprint density at radius 2 is 2.15 bits per heavy atom. The molecule has 0 aromatic heterocycles. The monoisotopic (exact) mass is 197 g/mol. The number of likely N-dealkylation sites (tertiary alicyclic amines) is 1. The molecule has 0 N–H and O–H groups in total. The molecular formula is C7H10F3NO2. The van der Waals surface area contributed by atoms with Crippen molar-refractivity contribution in [1.82, 2.24) is 4.90 Å². The number of nitrogens with zero attached hydrogens (tertiary/aromatic N) is 1. The fourth-order valence-corrected chi connectivity index (χ4v) is 1.39. The molecule has 1 saturated heterocycles. The van der Waals surface area contributed by atoms with Gasteiger partial charge < -0.3 is 4.74 Å². The molecule has 1 aliphatic heterocycles. The van der Waals surface area contributed by atoms with Crippen molar-refractivity contribution in [1.29, 1.82) is 0 Å². The quantitative estimate of drug-likeness (QED) is 0.590. The highest BCUT2D eigenvalue weighted by atomic mass is 19.4. The van der Waals surface area contributed by atoms with Crippen LogP contribution in [0.25, 0.3) is 0 Å². The van der Waals surface area contributed by atoms with Crippen molar-refractivity contribution in [3.8, 4) is 0 Å². The number of carbonyl (C=O) groups excluding carboxylic acids is 1. The predicted molar refractivity (Wildman–Crippen MR) is 37.8 cm³/mol. The van der Waals surface area contributed by atoms with Gasteiger partial charge in [0.15, 0.2) is 0 Å². The van der Waals surface area contributed by atoms with Crippen molar-refractivity contribution in [2.24, 2.45) is 0 Å². The second-order valence-corrected chi connectivity index (χ2v) is 3.01. The standard InChI is InChI=1S/C7H10F3NO2/c1-11-4-2-3-5(11)6(12)13-7(8,9)10/h5H,2-4H2,1H3/t5-/m0/s1. The normalized spacial score (nSPS) is 24.8. The van der Waals surface area contributed by atoms with Crippen LogP contribution < -0.4 is 0 Å². The molecule has 0 amide bonds. The lowest BCUT2D eigenvalue weighted by atomic mass is 10.2. The highest BCUT2D eigenvalue weighted by Crippen LogP contribution is 2.22. The Kier molecular flexibility index (Phi) is 2.80. The zero-order valence-electron chi connectivity index (χ0n) is 7.10. The van der Waals surface area contributed by atoms with Crippen LogP contribution in [0.2, 0.25) is 0 Å². The minimum absolute atomic E-state index is 0.436. The van der Waals surface area contributed by atoms with Crippen LogP contribution in [0.15, 0.2) is 0 Å². The Balaban J connectivity index is 2.48. The molecule has 0 aliphatic carbocycles. The molecule has 0 spiro atoms. The van der Waals surface area contributed by atoms with E-state index in [1.807, 2.05) is 0 Å². The first kappa shape index (κ1) is 10.3. The molecule has 0 radical (unpaired) electrons. The minimum Gasteiger partial charge on any atom is -0.372 e. The van der Waals surface area contributed by atoms with Crippen LogP contribution in [-0.4, -0.2) is 36.9 Å². The summed E-state index contributed by atoms with van der Waals surface area (Å²) in [4.78, 5) is 12.5. The molecule has 76 valence electrons. The van der Waals surface area contributed by atoms with Crippen molar-refractivity contribution in [2.45, 2.75) is 25.2 Å². The molecule has 0 aromatic rings. The van der Waals surface area contributed by atoms with E-state index in [0.29, 0.717) is 13.0 Å². The van der Waals surface area contributed by atoms with E-state index >= 15 is 0 Å². The zero-order chi connectivity index (χ0) is 10.1. The molecule has 1 aliphatic rings. The number of esters is 1. The van der Waals surface area contributed by atoms with E-state index in [9.17, 15) is 18.0 Å². The SMILES string of the molecule is CN1CCC[C@H]1C(=O)OC(F)(F)F. The highest BCUT2D eigenvalue weighted by Gasteiger charge is 2.39. The molecule has 0 unspecified atom stereocenters. The van der Waals surface area contributed by atoms with Gasteiger partial charge in [0, 0.05) is 0 Å². The summed E-state index contributed by atoms with van der Waals surface area (Å²) >= 11 is 0. The highest BCUT2D eigenvalue weighted by molar-refractivity contribution is 5.76. The summed E-state index contributed by atoms with van der Waals surface area (Å²) in [5.41, 5.74) is 0. The Morgan fingerprint density at radius 1 is 1.54 bits per heavy atom. The molecule has 1 heterocycles. The van der Waals surface area contributed by atoms with Gasteiger partial charge in [0.05, 0.1) is 0 Å². The number of alkyl halides is 3. The van der Waals surface area contributed by atoms with E-state index in [-0.39, 0.29) is 0 Å². The van der Waals surface area contributed by atoms with Crippen molar-refractivity contribution < 1.29 is 22.7 Å².